The van der Waals surface area contributed by atoms with Gasteiger partial charge in [0.25, 0.3) is 10.0 Å². The average Bonchev–Trinajstić information content (AvgIpc) is 2.32. The van der Waals surface area contributed by atoms with Crippen LogP contribution in [0.2, 0.25) is 5.02 Å². The van der Waals surface area contributed by atoms with Crippen molar-refractivity contribution in [3.63, 3.8) is 0 Å². The van der Waals surface area contributed by atoms with Crippen molar-refractivity contribution in [3.05, 3.63) is 51.2 Å². The van der Waals surface area contributed by atoms with Crippen molar-refractivity contribution in [2.75, 3.05) is 4.72 Å². The van der Waals surface area contributed by atoms with Gasteiger partial charge in [-0.2, -0.15) is 0 Å². The van der Waals surface area contributed by atoms with Crippen LogP contribution in [0.25, 0.3) is 0 Å². The van der Waals surface area contributed by atoms with E-state index in [0.29, 0.717) is 16.0 Å². The van der Waals surface area contributed by atoms with Crippen LogP contribution in [0.5, 0.6) is 0 Å². The lowest BCUT2D eigenvalue weighted by Gasteiger charge is -2.11. The third-order valence-corrected chi connectivity index (χ3v) is 4.96. The number of hydrogen-bond acceptors (Lipinski definition) is 3. The van der Waals surface area contributed by atoms with E-state index < -0.39 is 10.0 Å². The second-order valence-electron chi connectivity index (χ2n) is 4.31. The Balaban J connectivity index is 2.41. The lowest BCUT2D eigenvalue weighted by molar-refractivity contribution is 0.601. The maximum absolute atomic E-state index is 12.3. The lowest BCUT2D eigenvalue weighted by Crippen LogP contribution is -2.14. The van der Waals surface area contributed by atoms with Crippen molar-refractivity contribution in [3.8, 4) is 0 Å². The highest BCUT2D eigenvalue weighted by Gasteiger charge is 2.19. The van der Waals surface area contributed by atoms with Crippen LogP contribution < -0.4 is 4.72 Å². The number of anilines is 1. The molecular weight excluding hydrogens is 364 g/mol. The summed E-state index contributed by atoms with van der Waals surface area (Å²) in [6.07, 6.45) is 0. The summed E-state index contributed by atoms with van der Waals surface area (Å²) in [5, 5.41) is 0.195. The van der Waals surface area contributed by atoms with Crippen molar-refractivity contribution in [2.24, 2.45) is 0 Å². The molecule has 1 heterocycles. The number of pyridine rings is 1. The third kappa shape index (κ3) is 3.31. The first-order valence-electron chi connectivity index (χ1n) is 5.72. The number of hydrogen-bond donors (Lipinski definition) is 1. The third-order valence-electron chi connectivity index (χ3n) is 2.67. The van der Waals surface area contributed by atoms with Gasteiger partial charge in [0.15, 0.2) is 0 Å². The Bertz CT molecular complexity index is 763. The maximum Gasteiger partial charge on any atom is 0.263 e. The second kappa shape index (κ2) is 5.71. The highest BCUT2D eigenvalue weighted by Crippen LogP contribution is 2.26. The quantitative estimate of drug-likeness (QED) is 0.827. The normalized spacial score (nSPS) is 11.4. The Morgan fingerprint density at radius 3 is 2.50 bits per heavy atom. The van der Waals surface area contributed by atoms with Crippen molar-refractivity contribution < 1.29 is 8.42 Å². The van der Waals surface area contributed by atoms with E-state index in [-0.39, 0.29) is 9.92 Å². The van der Waals surface area contributed by atoms with Crippen molar-refractivity contribution in [1.82, 2.24) is 4.98 Å². The van der Waals surface area contributed by atoms with E-state index >= 15 is 0 Å². The molecule has 0 aliphatic heterocycles. The number of aromatic nitrogens is 1. The summed E-state index contributed by atoms with van der Waals surface area (Å²) in [7, 11) is -3.73. The predicted molar refractivity (Wildman–Crippen MR) is 83.7 cm³/mol. The van der Waals surface area contributed by atoms with Crippen LogP contribution >= 0.6 is 27.5 Å². The maximum atomic E-state index is 12.3. The van der Waals surface area contributed by atoms with Crippen molar-refractivity contribution in [2.45, 2.75) is 18.7 Å². The Morgan fingerprint density at radius 2 is 1.90 bits per heavy atom. The van der Waals surface area contributed by atoms with Gasteiger partial charge >= 0.3 is 0 Å². The van der Waals surface area contributed by atoms with Crippen LogP contribution in [0, 0.1) is 13.8 Å². The summed E-state index contributed by atoms with van der Waals surface area (Å²) in [6.45, 7) is 3.57. The largest absolute Gasteiger partial charge is 0.278 e. The Labute approximate surface area is 131 Å². The fourth-order valence-electron chi connectivity index (χ4n) is 1.66. The highest BCUT2D eigenvalue weighted by molar-refractivity contribution is 9.10. The smallest absolute Gasteiger partial charge is 0.263 e. The zero-order valence-corrected chi connectivity index (χ0v) is 14.0. The van der Waals surface area contributed by atoms with Gasteiger partial charge in [0, 0.05) is 0 Å². The van der Waals surface area contributed by atoms with Gasteiger partial charge in [-0.3, -0.25) is 4.72 Å². The molecule has 0 amide bonds. The monoisotopic (exact) mass is 374 g/mol. The van der Waals surface area contributed by atoms with Gasteiger partial charge in [-0.05, 0) is 59.6 Å². The van der Waals surface area contributed by atoms with Gasteiger partial charge in [0.1, 0.15) is 9.50 Å². The van der Waals surface area contributed by atoms with Gasteiger partial charge in [0.05, 0.1) is 16.4 Å². The molecule has 0 bridgehead atoms. The van der Waals surface area contributed by atoms with Crippen LogP contribution in [-0.4, -0.2) is 13.4 Å². The van der Waals surface area contributed by atoms with Gasteiger partial charge < -0.3 is 0 Å². The summed E-state index contributed by atoms with van der Waals surface area (Å²) < 4.78 is 27.8. The molecule has 0 spiro atoms. The molecule has 2 aromatic rings. The van der Waals surface area contributed by atoms with E-state index in [2.05, 4.69) is 25.6 Å². The topological polar surface area (TPSA) is 59.1 Å². The molecule has 0 atom stereocenters. The number of halogens is 2. The summed E-state index contributed by atoms with van der Waals surface area (Å²) >= 11 is 9.23. The number of rotatable bonds is 3. The van der Waals surface area contributed by atoms with E-state index in [1.165, 1.54) is 6.07 Å². The number of aryl methyl sites for hydroxylation is 2. The summed E-state index contributed by atoms with van der Waals surface area (Å²) in [6, 6.07) is 8.12. The van der Waals surface area contributed by atoms with E-state index in [4.69, 9.17) is 11.6 Å². The second-order valence-corrected chi connectivity index (χ2v) is 7.18. The standard InChI is InChI=1S/C13H12BrClN2O2S/c1-8-3-5-12(10(15)7-8)20(18,19)17-11-4-6-13(14)16-9(11)2/h3-7,17H,1-2H3. The number of nitrogens with one attached hydrogen (secondary N) is 1. The SMILES string of the molecule is Cc1ccc(S(=O)(=O)Nc2ccc(Br)nc2C)c(Cl)c1. The number of sulfonamides is 1. The van der Waals surface area contributed by atoms with Crippen LogP contribution in [0.3, 0.4) is 0 Å². The molecule has 2 rings (SSSR count). The molecule has 4 nitrogen and oxygen atoms in total. The van der Waals surface area contributed by atoms with Crippen molar-refractivity contribution >= 4 is 43.2 Å². The molecule has 1 aromatic carbocycles. The lowest BCUT2D eigenvalue weighted by atomic mass is 10.2. The van der Waals surface area contributed by atoms with Gasteiger partial charge in [0.2, 0.25) is 0 Å². The zero-order chi connectivity index (χ0) is 14.9. The van der Waals surface area contributed by atoms with Crippen molar-refractivity contribution in [1.29, 1.82) is 0 Å². The van der Waals surface area contributed by atoms with E-state index in [1.54, 1.807) is 31.2 Å². The fraction of sp³-hybridized carbons (Fsp3) is 0.154. The molecule has 0 aliphatic carbocycles. The molecule has 0 fully saturated rings. The van der Waals surface area contributed by atoms with Crippen LogP contribution in [0.4, 0.5) is 5.69 Å². The Hall–Kier alpha value is -1.11. The summed E-state index contributed by atoms with van der Waals surface area (Å²) in [5.74, 6) is 0. The van der Waals surface area contributed by atoms with Gasteiger partial charge in [-0.1, -0.05) is 17.7 Å². The Kier molecular flexibility index (Phi) is 4.36. The average molecular weight is 376 g/mol. The Morgan fingerprint density at radius 1 is 1.20 bits per heavy atom. The molecule has 1 aromatic heterocycles. The molecule has 0 aliphatic rings. The fourth-order valence-corrected chi connectivity index (χ4v) is 3.78. The molecule has 0 saturated heterocycles. The minimum atomic E-state index is -3.73. The van der Waals surface area contributed by atoms with Gasteiger partial charge in [-0.25, -0.2) is 13.4 Å². The first-order valence-corrected chi connectivity index (χ1v) is 8.37. The summed E-state index contributed by atoms with van der Waals surface area (Å²) in [5.41, 5.74) is 1.89. The minimum absolute atomic E-state index is 0.0482. The van der Waals surface area contributed by atoms with Crippen LogP contribution in [0.1, 0.15) is 11.3 Å². The minimum Gasteiger partial charge on any atom is -0.278 e. The zero-order valence-electron chi connectivity index (χ0n) is 10.8. The molecular formula is C13H12BrClN2O2S. The van der Waals surface area contributed by atoms with E-state index in [9.17, 15) is 8.42 Å². The van der Waals surface area contributed by atoms with Crippen LogP contribution in [0.15, 0.2) is 39.8 Å². The molecule has 0 radical (unpaired) electrons. The first-order chi connectivity index (χ1) is 9.29. The molecule has 20 heavy (non-hydrogen) atoms. The molecule has 0 unspecified atom stereocenters. The molecule has 0 saturated carbocycles. The summed E-state index contributed by atoms with van der Waals surface area (Å²) in [4.78, 5) is 4.19. The number of nitrogens with zero attached hydrogens (tertiary/aromatic N) is 1. The van der Waals surface area contributed by atoms with E-state index in [1.807, 2.05) is 6.92 Å². The molecule has 1 N–H and O–H groups in total. The van der Waals surface area contributed by atoms with E-state index in [0.717, 1.165) is 5.56 Å². The highest BCUT2D eigenvalue weighted by atomic mass is 79.9. The molecule has 7 heteroatoms. The number of benzene rings is 1. The molecule has 106 valence electrons. The predicted octanol–water partition coefficient (Wildman–Crippen LogP) is 3.92. The van der Waals surface area contributed by atoms with Gasteiger partial charge in [-0.15, -0.1) is 0 Å². The van der Waals surface area contributed by atoms with Crippen LogP contribution in [-0.2, 0) is 10.0 Å². The first kappa shape index (κ1) is 15.3.